The number of rotatable bonds is 5. The highest BCUT2D eigenvalue weighted by atomic mass is 32.1. The molecule has 3 rings (SSSR count). The number of hydrogen-bond acceptors (Lipinski definition) is 4. The molecule has 26 heavy (non-hydrogen) atoms. The maximum absolute atomic E-state index is 11.8. The van der Waals surface area contributed by atoms with Gasteiger partial charge in [-0.1, -0.05) is 6.92 Å². The summed E-state index contributed by atoms with van der Waals surface area (Å²) < 4.78 is 0. The quantitative estimate of drug-likeness (QED) is 0.605. The van der Waals surface area contributed by atoms with Crippen LogP contribution in [0.5, 0.6) is 0 Å². The van der Waals surface area contributed by atoms with Crippen molar-refractivity contribution < 1.29 is 4.79 Å². The number of nitrogens with one attached hydrogen (secondary N) is 2. The summed E-state index contributed by atoms with van der Waals surface area (Å²) in [5, 5.41) is 9.14. The van der Waals surface area contributed by atoms with Crippen molar-refractivity contribution in [1.82, 2.24) is 20.4 Å². The molecule has 7 heteroatoms. The van der Waals surface area contributed by atoms with Crippen LogP contribution in [0.15, 0.2) is 16.4 Å². The smallest absolute Gasteiger partial charge is 0.222 e. The summed E-state index contributed by atoms with van der Waals surface area (Å²) in [6.07, 6.45) is 2.72. The average Bonchev–Trinajstić information content (AvgIpc) is 3.32. The lowest BCUT2D eigenvalue weighted by Gasteiger charge is -2.33. The third-order valence-electron chi connectivity index (χ3n) is 5.43. The predicted octanol–water partition coefficient (Wildman–Crippen LogP) is 1.67. The van der Waals surface area contributed by atoms with E-state index in [1.54, 1.807) is 4.88 Å². The van der Waals surface area contributed by atoms with Gasteiger partial charge in [-0.3, -0.25) is 14.7 Å². The second-order valence-corrected chi connectivity index (χ2v) is 8.22. The fourth-order valence-electron chi connectivity index (χ4n) is 3.74. The zero-order valence-corrected chi connectivity index (χ0v) is 16.9. The van der Waals surface area contributed by atoms with E-state index in [-0.39, 0.29) is 11.9 Å². The van der Waals surface area contributed by atoms with Crippen LogP contribution in [0.1, 0.15) is 37.1 Å². The van der Waals surface area contributed by atoms with Crippen LogP contribution in [0.4, 0.5) is 0 Å². The number of carbonyl (C=O) groups is 1. The lowest BCUT2D eigenvalue weighted by Crippen LogP contribution is -2.49. The first kappa shape index (κ1) is 19.2. The van der Waals surface area contributed by atoms with Gasteiger partial charge < -0.3 is 15.5 Å². The zero-order valence-electron chi connectivity index (χ0n) is 16.1. The molecule has 1 aromatic rings. The topological polar surface area (TPSA) is 60.0 Å². The van der Waals surface area contributed by atoms with E-state index in [1.807, 2.05) is 30.2 Å². The van der Waals surface area contributed by atoms with Gasteiger partial charge in [0.2, 0.25) is 5.91 Å². The fraction of sp³-hybridized carbons (Fsp3) is 0.684. The lowest BCUT2D eigenvalue weighted by atomic mass is 10.1. The molecular weight excluding hydrogens is 346 g/mol. The van der Waals surface area contributed by atoms with Crippen LogP contribution >= 0.6 is 11.3 Å². The molecule has 144 valence electrons. The Morgan fingerprint density at radius 3 is 3.08 bits per heavy atom. The monoisotopic (exact) mass is 377 g/mol. The highest BCUT2D eigenvalue weighted by molar-refractivity contribution is 7.10. The van der Waals surface area contributed by atoms with Crippen molar-refractivity contribution in [2.45, 2.75) is 51.7 Å². The van der Waals surface area contributed by atoms with Gasteiger partial charge in [0.1, 0.15) is 0 Å². The number of carbonyl (C=O) groups excluding carboxylic acids is 1. The van der Waals surface area contributed by atoms with Gasteiger partial charge >= 0.3 is 0 Å². The number of likely N-dealkylation sites (tertiary alicyclic amines) is 1. The number of fused-ring (bicyclic) bond motifs is 1. The van der Waals surface area contributed by atoms with Crippen LogP contribution in [0.2, 0.25) is 0 Å². The average molecular weight is 378 g/mol. The van der Waals surface area contributed by atoms with Gasteiger partial charge in [0, 0.05) is 63.2 Å². The fourth-order valence-corrected chi connectivity index (χ4v) is 4.63. The highest BCUT2D eigenvalue weighted by Gasteiger charge is 2.26. The van der Waals surface area contributed by atoms with Gasteiger partial charge in [-0.2, -0.15) is 0 Å². The summed E-state index contributed by atoms with van der Waals surface area (Å²) in [5.41, 5.74) is 1.49. The van der Waals surface area contributed by atoms with E-state index in [0.29, 0.717) is 12.5 Å². The minimum absolute atomic E-state index is 0.240. The van der Waals surface area contributed by atoms with Crippen LogP contribution in [-0.4, -0.2) is 67.0 Å². The van der Waals surface area contributed by atoms with Crippen molar-refractivity contribution in [3.8, 4) is 0 Å². The molecule has 2 unspecified atom stereocenters. The summed E-state index contributed by atoms with van der Waals surface area (Å²) >= 11 is 1.88. The van der Waals surface area contributed by atoms with Gasteiger partial charge in [-0.15, -0.1) is 11.3 Å². The van der Waals surface area contributed by atoms with E-state index in [1.165, 1.54) is 5.56 Å². The Morgan fingerprint density at radius 2 is 2.31 bits per heavy atom. The van der Waals surface area contributed by atoms with Crippen LogP contribution in [0.25, 0.3) is 0 Å². The number of guanidine groups is 1. The molecule has 2 N–H and O–H groups in total. The molecule has 2 aliphatic rings. The Hall–Kier alpha value is -1.60. The Labute approximate surface area is 160 Å². The van der Waals surface area contributed by atoms with Crippen molar-refractivity contribution in [1.29, 1.82) is 0 Å². The number of thiophene rings is 1. The van der Waals surface area contributed by atoms with Crippen molar-refractivity contribution >= 4 is 23.2 Å². The summed E-state index contributed by atoms with van der Waals surface area (Å²) in [6, 6.07) is 3.00. The van der Waals surface area contributed by atoms with Crippen LogP contribution < -0.4 is 10.6 Å². The molecular formula is C19H31N5OS. The third kappa shape index (κ3) is 4.57. The number of hydrogen-bond donors (Lipinski definition) is 2. The maximum atomic E-state index is 11.8. The number of aliphatic imine (C=N–C) groups is 1. The van der Waals surface area contributed by atoms with E-state index in [9.17, 15) is 4.79 Å². The molecule has 1 aromatic heterocycles. The molecule has 1 amide bonds. The van der Waals surface area contributed by atoms with E-state index >= 15 is 0 Å². The van der Waals surface area contributed by atoms with Gasteiger partial charge in [0.15, 0.2) is 5.96 Å². The van der Waals surface area contributed by atoms with Crippen LogP contribution in [0.3, 0.4) is 0 Å². The second kappa shape index (κ2) is 8.86. The molecule has 1 fully saturated rings. The molecule has 0 aliphatic carbocycles. The summed E-state index contributed by atoms with van der Waals surface area (Å²) in [5.74, 6) is 1.07. The Morgan fingerprint density at radius 1 is 1.46 bits per heavy atom. The predicted molar refractivity (Wildman–Crippen MR) is 108 cm³/mol. The van der Waals surface area contributed by atoms with Gasteiger partial charge in [0.05, 0.1) is 0 Å². The highest BCUT2D eigenvalue weighted by Crippen LogP contribution is 2.24. The third-order valence-corrected chi connectivity index (χ3v) is 6.46. The van der Waals surface area contributed by atoms with Crippen molar-refractivity contribution in [2.24, 2.45) is 4.99 Å². The zero-order chi connectivity index (χ0) is 18.5. The molecule has 0 saturated carbocycles. The Kier molecular flexibility index (Phi) is 6.53. The molecule has 3 heterocycles. The molecule has 6 nitrogen and oxygen atoms in total. The Bertz CT molecular complexity index is 644. The second-order valence-electron chi connectivity index (χ2n) is 7.21. The molecule has 2 aliphatic heterocycles. The first-order chi connectivity index (χ1) is 12.6. The first-order valence-corrected chi connectivity index (χ1v) is 10.5. The van der Waals surface area contributed by atoms with Crippen molar-refractivity contribution in [3.63, 3.8) is 0 Å². The molecule has 0 aromatic carbocycles. The summed E-state index contributed by atoms with van der Waals surface area (Å²) in [6.45, 7) is 8.84. The molecule has 1 saturated heterocycles. The minimum atomic E-state index is 0.240. The molecule has 2 atom stereocenters. The van der Waals surface area contributed by atoms with E-state index < -0.39 is 0 Å². The molecule has 0 spiro atoms. The van der Waals surface area contributed by atoms with E-state index in [2.05, 4.69) is 38.9 Å². The largest absolute Gasteiger partial charge is 0.355 e. The summed E-state index contributed by atoms with van der Waals surface area (Å²) in [7, 11) is 1.81. The SMILES string of the molecule is CCC(=O)N1CCC(NC(=NC)NCC(C)N2CCc3sccc3C2)C1. The van der Waals surface area contributed by atoms with Gasteiger partial charge in [-0.05, 0) is 36.8 Å². The van der Waals surface area contributed by atoms with Crippen LogP contribution in [0, 0.1) is 0 Å². The van der Waals surface area contributed by atoms with Gasteiger partial charge in [-0.25, -0.2) is 0 Å². The summed E-state index contributed by atoms with van der Waals surface area (Å²) in [4.78, 5) is 22.2. The van der Waals surface area contributed by atoms with Crippen molar-refractivity contribution in [3.05, 3.63) is 21.9 Å². The lowest BCUT2D eigenvalue weighted by molar-refractivity contribution is -0.129. The molecule has 0 radical (unpaired) electrons. The van der Waals surface area contributed by atoms with Crippen molar-refractivity contribution in [2.75, 3.05) is 33.2 Å². The Balaban J connectivity index is 1.44. The van der Waals surface area contributed by atoms with Crippen LogP contribution in [-0.2, 0) is 17.8 Å². The first-order valence-electron chi connectivity index (χ1n) is 9.65. The molecule has 0 bridgehead atoms. The van der Waals surface area contributed by atoms with Gasteiger partial charge in [0.25, 0.3) is 0 Å². The number of amides is 1. The standard InChI is InChI=1S/C19H31N5OS/c1-4-18(25)24-8-5-16(13-24)22-19(20-3)21-11-14(2)23-9-6-17-15(12-23)7-10-26-17/h7,10,14,16H,4-6,8-9,11-13H2,1-3H3,(H2,20,21,22). The maximum Gasteiger partial charge on any atom is 0.222 e. The normalized spacial score (nSPS) is 22.2. The number of nitrogens with zero attached hydrogens (tertiary/aromatic N) is 3. The van der Waals surface area contributed by atoms with E-state index in [0.717, 1.165) is 51.5 Å². The minimum Gasteiger partial charge on any atom is -0.355 e. The van der Waals surface area contributed by atoms with E-state index in [4.69, 9.17) is 0 Å².